The second-order valence-corrected chi connectivity index (χ2v) is 3.68. The van der Waals surface area contributed by atoms with Gasteiger partial charge in [-0.05, 0) is 12.5 Å². The first-order valence-corrected chi connectivity index (χ1v) is 5.74. The minimum absolute atomic E-state index is 0.0387. The summed E-state index contributed by atoms with van der Waals surface area (Å²) in [5, 5.41) is 9.68. The highest BCUT2D eigenvalue weighted by Gasteiger charge is 2.22. The van der Waals surface area contributed by atoms with E-state index >= 15 is 0 Å². The lowest BCUT2D eigenvalue weighted by Gasteiger charge is -2.11. The van der Waals surface area contributed by atoms with E-state index in [9.17, 15) is 18.7 Å². The molecule has 0 unspecified atom stereocenters. The maximum Gasteiger partial charge on any atom is 0.312 e. The zero-order valence-electron chi connectivity index (χ0n) is 9.62. The quantitative estimate of drug-likeness (QED) is 0.665. The molecule has 1 rings (SSSR count). The van der Waals surface area contributed by atoms with Crippen LogP contribution < -0.4 is 0 Å². The predicted molar refractivity (Wildman–Crippen MR) is 60.8 cm³/mol. The van der Waals surface area contributed by atoms with Crippen LogP contribution in [0.25, 0.3) is 0 Å². The fourth-order valence-corrected chi connectivity index (χ4v) is 1.64. The summed E-state index contributed by atoms with van der Waals surface area (Å²) in [5.41, 5.74) is -0.686. The van der Waals surface area contributed by atoms with Gasteiger partial charge in [0.1, 0.15) is 5.75 Å². The molecule has 0 saturated carbocycles. The number of esters is 1. The van der Waals surface area contributed by atoms with Crippen molar-refractivity contribution >= 4 is 17.6 Å². The predicted octanol–water partition coefficient (Wildman–Crippen LogP) is 2.57. The summed E-state index contributed by atoms with van der Waals surface area (Å²) in [6, 6.07) is 0. The summed E-state index contributed by atoms with van der Waals surface area (Å²) in [4.78, 5) is 15.0. The monoisotopic (exact) mass is 279 g/mol. The number of hydrogen-bond acceptors (Lipinski definition) is 4. The van der Waals surface area contributed by atoms with Gasteiger partial charge in [0.25, 0.3) is 6.43 Å². The van der Waals surface area contributed by atoms with E-state index in [4.69, 9.17) is 11.6 Å². The number of alkyl halides is 3. The molecule has 1 aromatic rings. The van der Waals surface area contributed by atoms with Crippen molar-refractivity contribution in [1.82, 2.24) is 4.98 Å². The third kappa shape index (κ3) is 3.29. The third-order valence-corrected chi connectivity index (χ3v) is 2.52. The Morgan fingerprint density at radius 1 is 1.61 bits per heavy atom. The van der Waals surface area contributed by atoms with Crippen molar-refractivity contribution in [2.45, 2.75) is 25.7 Å². The molecule has 100 valence electrons. The Kier molecular flexibility index (Phi) is 5.27. The van der Waals surface area contributed by atoms with E-state index in [1.165, 1.54) is 0 Å². The number of pyridine rings is 1. The molecule has 18 heavy (non-hydrogen) atoms. The third-order valence-electron chi connectivity index (χ3n) is 2.23. The molecular weight excluding hydrogens is 268 g/mol. The topological polar surface area (TPSA) is 59.4 Å². The van der Waals surface area contributed by atoms with Crippen molar-refractivity contribution in [2.24, 2.45) is 0 Å². The molecule has 0 fully saturated rings. The van der Waals surface area contributed by atoms with Crippen LogP contribution in [0.5, 0.6) is 5.75 Å². The summed E-state index contributed by atoms with van der Waals surface area (Å²) in [7, 11) is 0. The molecule has 0 aliphatic rings. The Morgan fingerprint density at radius 2 is 2.28 bits per heavy atom. The van der Waals surface area contributed by atoms with E-state index < -0.39 is 23.7 Å². The minimum atomic E-state index is -2.89. The van der Waals surface area contributed by atoms with Crippen molar-refractivity contribution in [3.8, 4) is 5.75 Å². The molecule has 0 bridgehead atoms. The Hall–Kier alpha value is -1.43. The van der Waals surface area contributed by atoms with Crippen LogP contribution >= 0.6 is 11.6 Å². The number of hydrogen-bond donors (Lipinski definition) is 1. The van der Waals surface area contributed by atoms with E-state index in [1.807, 2.05) is 0 Å². The zero-order chi connectivity index (χ0) is 13.7. The number of carbonyl (C=O) groups is 1. The van der Waals surface area contributed by atoms with E-state index in [1.54, 1.807) is 6.92 Å². The second-order valence-electron chi connectivity index (χ2n) is 3.41. The molecule has 0 atom stereocenters. The van der Waals surface area contributed by atoms with Gasteiger partial charge in [0.15, 0.2) is 0 Å². The number of ether oxygens (including phenoxy) is 1. The van der Waals surface area contributed by atoms with Gasteiger partial charge >= 0.3 is 5.97 Å². The maximum atomic E-state index is 12.8. The Bertz CT molecular complexity index is 441. The second kappa shape index (κ2) is 6.49. The molecule has 0 saturated heterocycles. The normalized spacial score (nSPS) is 10.7. The van der Waals surface area contributed by atoms with Crippen LogP contribution in [0.15, 0.2) is 6.20 Å². The molecule has 0 amide bonds. The smallest absolute Gasteiger partial charge is 0.312 e. The molecule has 0 aromatic carbocycles. The molecular formula is C11H12ClF2NO3. The fourth-order valence-electron chi connectivity index (χ4n) is 1.42. The van der Waals surface area contributed by atoms with Gasteiger partial charge in [-0.15, -0.1) is 11.6 Å². The molecule has 7 heteroatoms. The highest BCUT2D eigenvalue weighted by Crippen LogP contribution is 2.34. The van der Waals surface area contributed by atoms with E-state index in [-0.39, 0.29) is 30.2 Å². The minimum Gasteiger partial charge on any atom is -0.506 e. The number of nitrogens with zero attached hydrogens (tertiary/aromatic N) is 1. The average molecular weight is 280 g/mol. The van der Waals surface area contributed by atoms with Crippen molar-refractivity contribution in [3.63, 3.8) is 0 Å². The number of halogens is 3. The van der Waals surface area contributed by atoms with Crippen LogP contribution in [-0.4, -0.2) is 22.7 Å². The number of carbonyl (C=O) groups excluding carboxylic acids is 1. The molecule has 4 nitrogen and oxygen atoms in total. The lowest BCUT2D eigenvalue weighted by Crippen LogP contribution is -2.10. The van der Waals surface area contributed by atoms with Crippen molar-refractivity contribution < 1.29 is 23.4 Å². The summed E-state index contributed by atoms with van der Waals surface area (Å²) in [6.45, 7) is 1.79. The number of aromatic hydroxyl groups is 1. The van der Waals surface area contributed by atoms with Gasteiger partial charge in [0.2, 0.25) is 0 Å². The van der Waals surface area contributed by atoms with Gasteiger partial charge in [-0.1, -0.05) is 0 Å². The van der Waals surface area contributed by atoms with E-state index in [0.29, 0.717) is 0 Å². The fraction of sp³-hybridized carbons (Fsp3) is 0.455. The molecule has 0 aliphatic heterocycles. The number of aromatic nitrogens is 1. The van der Waals surface area contributed by atoms with Crippen molar-refractivity contribution in [2.75, 3.05) is 6.61 Å². The highest BCUT2D eigenvalue weighted by atomic mass is 35.5. The lowest BCUT2D eigenvalue weighted by molar-refractivity contribution is -0.142. The summed E-state index contributed by atoms with van der Waals surface area (Å²) < 4.78 is 30.2. The van der Waals surface area contributed by atoms with Crippen LogP contribution in [0, 0.1) is 0 Å². The van der Waals surface area contributed by atoms with Crippen LogP contribution in [0.2, 0.25) is 0 Å². The van der Waals surface area contributed by atoms with Gasteiger partial charge in [-0.25, -0.2) is 8.78 Å². The van der Waals surface area contributed by atoms with Gasteiger partial charge in [0, 0.05) is 12.1 Å². The molecule has 0 radical (unpaired) electrons. The largest absolute Gasteiger partial charge is 0.506 e. The van der Waals surface area contributed by atoms with E-state index in [0.717, 1.165) is 6.20 Å². The van der Waals surface area contributed by atoms with Crippen molar-refractivity contribution in [3.05, 3.63) is 23.0 Å². The van der Waals surface area contributed by atoms with Gasteiger partial charge in [-0.2, -0.15) is 0 Å². The first-order chi connectivity index (χ1) is 8.51. The van der Waals surface area contributed by atoms with Crippen molar-refractivity contribution in [1.29, 1.82) is 0 Å². The first kappa shape index (κ1) is 14.6. The highest BCUT2D eigenvalue weighted by molar-refractivity contribution is 6.17. The Balaban J connectivity index is 3.08. The molecule has 1 N–H and O–H groups in total. The van der Waals surface area contributed by atoms with Gasteiger partial charge in [0.05, 0.1) is 24.3 Å². The van der Waals surface area contributed by atoms with Gasteiger partial charge < -0.3 is 9.84 Å². The van der Waals surface area contributed by atoms with Crippen LogP contribution in [-0.2, 0) is 21.8 Å². The zero-order valence-corrected chi connectivity index (χ0v) is 10.4. The molecule has 0 aliphatic carbocycles. The Labute approximate surface area is 108 Å². The summed E-state index contributed by atoms with van der Waals surface area (Å²) in [6.07, 6.45) is -2.12. The SMILES string of the molecule is CCOC(=O)Cc1ncc(CCl)c(C(F)F)c1O. The molecule has 1 heterocycles. The van der Waals surface area contributed by atoms with Crippen LogP contribution in [0.4, 0.5) is 8.78 Å². The molecule has 0 spiro atoms. The Morgan fingerprint density at radius 3 is 2.78 bits per heavy atom. The first-order valence-electron chi connectivity index (χ1n) is 5.20. The van der Waals surface area contributed by atoms with Crippen LogP contribution in [0.1, 0.15) is 30.2 Å². The summed E-state index contributed by atoms with van der Waals surface area (Å²) >= 11 is 5.48. The number of rotatable bonds is 5. The lowest BCUT2D eigenvalue weighted by atomic mass is 10.1. The summed E-state index contributed by atoms with van der Waals surface area (Å²) in [5.74, 6) is -1.53. The average Bonchev–Trinajstić information content (AvgIpc) is 2.31. The molecule has 1 aromatic heterocycles. The van der Waals surface area contributed by atoms with E-state index in [2.05, 4.69) is 9.72 Å². The van der Waals surface area contributed by atoms with Crippen LogP contribution in [0.3, 0.4) is 0 Å². The standard InChI is InChI=1S/C11H12ClF2NO3/c1-2-18-8(16)3-7-10(17)9(11(13)14)6(4-12)5-15-7/h5,11,17H,2-4H2,1H3. The maximum absolute atomic E-state index is 12.8. The van der Waals surface area contributed by atoms with Gasteiger partial charge in [-0.3, -0.25) is 9.78 Å².